The number of allylic oxidation sites excluding steroid dienone is 8. The van der Waals surface area contributed by atoms with E-state index in [0.717, 1.165) is 11.8 Å². The first-order valence-electron chi connectivity index (χ1n) is 11.7. The molecule has 0 spiro atoms. The molecule has 0 heteroatoms. The molecule has 5 aliphatic carbocycles. The van der Waals surface area contributed by atoms with Crippen LogP contribution >= 0.6 is 0 Å². The van der Waals surface area contributed by atoms with E-state index in [1.165, 1.54) is 44.9 Å². The molecule has 0 heterocycles. The molecular formula is C28H32. The Hall–Kier alpha value is -1.82. The summed E-state index contributed by atoms with van der Waals surface area (Å²) < 4.78 is 0. The molecule has 6 rings (SSSR count). The largest absolute Gasteiger partial charge is 0.0805 e. The first kappa shape index (κ1) is 17.1. The second-order valence-corrected chi connectivity index (χ2v) is 9.91. The lowest BCUT2D eigenvalue weighted by Gasteiger charge is -2.52. The molecule has 1 aromatic carbocycles. The molecule has 0 radical (unpaired) electrons. The van der Waals surface area contributed by atoms with Crippen molar-refractivity contribution in [3.63, 3.8) is 0 Å². The predicted molar refractivity (Wildman–Crippen MR) is 117 cm³/mol. The molecule has 0 amide bonds. The van der Waals surface area contributed by atoms with Crippen molar-refractivity contribution in [3.8, 4) is 0 Å². The monoisotopic (exact) mass is 368 g/mol. The fourth-order valence-electron chi connectivity index (χ4n) is 8.10. The van der Waals surface area contributed by atoms with E-state index in [2.05, 4.69) is 72.9 Å². The summed E-state index contributed by atoms with van der Waals surface area (Å²) in [6.45, 7) is 0. The van der Waals surface area contributed by atoms with Crippen LogP contribution in [0.5, 0.6) is 0 Å². The van der Waals surface area contributed by atoms with Gasteiger partial charge in [-0.2, -0.15) is 0 Å². The van der Waals surface area contributed by atoms with Gasteiger partial charge in [-0.25, -0.2) is 0 Å². The van der Waals surface area contributed by atoms with Gasteiger partial charge in [0.2, 0.25) is 0 Å². The number of rotatable bonds is 2. The van der Waals surface area contributed by atoms with Crippen molar-refractivity contribution < 1.29 is 0 Å². The lowest BCUT2D eigenvalue weighted by atomic mass is 9.52. The topological polar surface area (TPSA) is 0 Å². The van der Waals surface area contributed by atoms with Crippen molar-refractivity contribution >= 4 is 0 Å². The maximum atomic E-state index is 2.59. The van der Waals surface area contributed by atoms with Crippen LogP contribution in [0.2, 0.25) is 0 Å². The summed E-state index contributed by atoms with van der Waals surface area (Å²) in [6.07, 6.45) is 29.4. The minimum atomic E-state index is 0.374. The fraction of sp³-hybridized carbons (Fsp3) is 0.500. The lowest BCUT2D eigenvalue weighted by Crippen LogP contribution is -2.48. The number of hydrogen-bond donors (Lipinski definition) is 0. The summed E-state index contributed by atoms with van der Waals surface area (Å²) in [4.78, 5) is 0. The number of benzene rings is 1. The van der Waals surface area contributed by atoms with Gasteiger partial charge in [-0.1, -0.05) is 85.7 Å². The van der Waals surface area contributed by atoms with Gasteiger partial charge in [0.15, 0.2) is 0 Å². The molecule has 5 unspecified atom stereocenters. The highest BCUT2D eigenvalue weighted by atomic mass is 14.6. The van der Waals surface area contributed by atoms with Gasteiger partial charge in [0.1, 0.15) is 0 Å². The molecule has 0 aliphatic heterocycles. The van der Waals surface area contributed by atoms with E-state index in [4.69, 9.17) is 0 Å². The molecule has 0 aromatic heterocycles. The Kier molecular flexibility index (Phi) is 4.03. The molecule has 5 aliphatic rings. The van der Waals surface area contributed by atoms with Gasteiger partial charge in [-0.05, 0) is 78.7 Å². The third-order valence-corrected chi connectivity index (χ3v) is 8.95. The van der Waals surface area contributed by atoms with E-state index in [1.807, 2.05) is 0 Å². The Labute approximate surface area is 170 Å². The summed E-state index contributed by atoms with van der Waals surface area (Å²) in [5.41, 5.74) is 3.77. The first-order valence-corrected chi connectivity index (χ1v) is 11.7. The van der Waals surface area contributed by atoms with E-state index in [0.29, 0.717) is 29.1 Å². The smallest absolute Gasteiger partial charge is 0.00239 e. The number of hydrogen-bond acceptors (Lipinski definition) is 0. The van der Waals surface area contributed by atoms with Crippen molar-refractivity contribution in [1.29, 1.82) is 0 Å². The maximum absolute atomic E-state index is 2.59. The SMILES string of the molecule is C1=CC2C3C=CC=CC3C(C3(C4CCCC4)CCCc4ccccc43)C2C=C1. The van der Waals surface area contributed by atoms with Crippen molar-refractivity contribution in [2.75, 3.05) is 0 Å². The lowest BCUT2D eigenvalue weighted by molar-refractivity contribution is 0.0986. The summed E-state index contributed by atoms with van der Waals surface area (Å²) in [5.74, 6) is 4.38. The summed E-state index contributed by atoms with van der Waals surface area (Å²) in [7, 11) is 0. The van der Waals surface area contributed by atoms with Crippen LogP contribution in [-0.4, -0.2) is 0 Å². The van der Waals surface area contributed by atoms with E-state index in [-0.39, 0.29) is 0 Å². The summed E-state index contributed by atoms with van der Waals surface area (Å²) >= 11 is 0. The van der Waals surface area contributed by atoms with Crippen molar-refractivity contribution in [2.45, 2.75) is 50.4 Å². The van der Waals surface area contributed by atoms with E-state index in [9.17, 15) is 0 Å². The molecule has 28 heavy (non-hydrogen) atoms. The molecule has 1 aromatic rings. The van der Waals surface area contributed by atoms with E-state index in [1.54, 1.807) is 11.1 Å². The molecule has 2 fully saturated rings. The van der Waals surface area contributed by atoms with E-state index < -0.39 is 0 Å². The van der Waals surface area contributed by atoms with Gasteiger partial charge in [-0.3, -0.25) is 0 Å². The van der Waals surface area contributed by atoms with Crippen molar-refractivity contribution in [2.24, 2.45) is 35.5 Å². The molecular weight excluding hydrogens is 336 g/mol. The zero-order valence-corrected chi connectivity index (χ0v) is 16.8. The van der Waals surface area contributed by atoms with Crippen LogP contribution < -0.4 is 0 Å². The zero-order chi connectivity index (χ0) is 18.6. The van der Waals surface area contributed by atoms with Crippen LogP contribution in [0.25, 0.3) is 0 Å². The minimum Gasteiger partial charge on any atom is -0.0805 e. The normalized spacial score (nSPS) is 41.1. The van der Waals surface area contributed by atoms with Gasteiger partial charge in [0.25, 0.3) is 0 Å². The highest BCUT2D eigenvalue weighted by molar-refractivity contribution is 5.42. The molecule has 0 nitrogen and oxygen atoms in total. The van der Waals surface area contributed by atoms with Crippen molar-refractivity contribution in [1.82, 2.24) is 0 Å². The highest BCUT2D eigenvalue weighted by Crippen LogP contribution is 2.64. The van der Waals surface area contributed by atoms with Crippen LogP contribution in [0.3, 0.4) is 0 Å². The van der Waals surface area contributed by atoms with Crippen LogP contribution in [-0.2, 0) is 11.8 Å². The van der Waals surface area contributed by atoms with Crippen LogP contribution in [0.15, 0.2) is 72.9 Å². The van der Waals surface area contributed by atoms with Gasteiger partial charge >= 0.3 is 0 Å². The number of aryl methyl sites for hydroxylation is 1. The Morgan fingerprint density at radius 1 is 0.679 bits per heavy atom. The second-order valence-electron chi connectivity index (χ2n) is 9.91. The standard InChI is InChI=1S/C28H32/c1-8-18-26-20(10-1)11-9-19-28(26,21-12-2-3-13-21)27-24-16-6-4-14-22(24)23-15-5-7-17-25(23)27/h1,4-8,10,14-18,21-25,27H,2-3,9,11-13,19H2. The van der Waals surface area contributed by atoms with Gasteiger partial charge in [0, 0.05) is 5.41 Å². The molecule has 0 saturated heterocycles. The Morgan fingerprint density at radius 3 is 1.96 bits per heavy atom. The number of fused-ring (bicyclic) bond motifs is 4. The van der Waals surface area contributed by atoms with Gasteiger partial charge in [0.05, 0.1) is 0 Å². The Balaban J connectivity index is 1.56. The maximum Gasteiger partial charge on any atom is 0.00239 e. The van der Waals surface area contributed by atoms with E-state index >= 15 is 0 Å². The summed E-state index contributed by atoms with van der Waals surface area (Å²) in [6, 6.07) is 9.57. The van der Waals surface area contributed by atoms with Gasteiger partial charge in [-0.15, -0.1) is 0 Å². The minimum absolute atomic E-state index is 0.374. The predicted octanol–water partition coefficient (Wildman–Crippen LogP) is 6.80. The average Bonchev–Trinajstić information content (AvgIpc) is 3.41. The fourth-order valence-corrected chi connectivity index (χ4v) is 8.10. The second kappa shape index (κ2) is 6.61. The molecule has 0 N–H and O–H groups in total. The zero-order valence-electron chi connectivity index (χ0n) is 16.8. The average molecular weight is 369 g/mol. The quantitative estimate of drug-likeness (QED) is 0.538. The van der Waals surface area contributed by atoms with Crippen LogP contribution in [0.4, 0.5) is 0 Å². The molecule has 2 saturated carbocycles. The Bertz CT molecular complexity index is 828. The highest BCUT2D eigenvalue weighted by Gasteiger charge is 2.59. The molecule has 0 bridgehead atoms. The van der Waals surface area contributed by atoms with Gasteiger partial charge < -0.3 is 0 Å². The molecule has 144 valence electrons. The van der Waals surface area contributed by atoms with Crippen LogP contribution in [0, 0.1) is 35.5 Å². The summed E-state index contributed by atoms with van der Waals surface area (Å²) in [5, 5.41) is 0. The molecule has 5 atom stereocenters. The third-order valence-electron chi connectivity index (χ3n) is 8.95. The van der Waals surface area contributed by atoms with Crippen LogP contribution in [0.1, 0.15) is 49.7 Å². The third kappa shape index (κ3) is 2.30. The first-order chi connectivity index (χ1) is 13.9. The van der Waals surface area contributed by atoms with Crippen molar-refractivity contribution in [3.05, 3.63) is 84.0 Å². The Morgan fingerprint density at radius 2 is 1.29 bits per heavy atom.